The number of nitrogens with one attached hydrogen (secondary N) is 1. The van der Waals surface area contributed by atoms with E-state index in [0.717, 1.165) is 16.0 Å². The molecule has 0 bridgehead atoms. The first-order chi connectivity index (χ1) is 14.2. The third kappa shape index (κ3) is 6.34. The molecule has 150 valence electrons. The zero-order valence-electron chi connectivity index (χ0n) is 15.9. The molecule has 1 heterocycles. The average Bonchev–Trinajstić information content (AvgIpc) is 3.21. The van der Waals surface area contributed by atoms with Gasteiger partial charge in [-0.2, -0.15) is 5.10 Å². The highest BCUT2D eigenvalue weighted by atomic mass is 35.5. The Balaban J connectivity index is 1.62. The molecule has 0 aliphatic rings. The number of nitrogens with zero attached hydrogens (tertiary/aromatic N) is 1. The molecule has 1 aromatic heterocycles. The molecule has 5 nitrogen and oxygen atoms in total. The molecule has 0 unspecified atom stereocenters. The molecule has 0 saturated heterocycles. The van der Waals surface area contributed by atoms with Crippen LogP contribution in [-0.2, 0) is 17.8 Å². The maximum Gasteiger partial charge on any atom is 0.245 e. The van der Waals surface area contributed by atoms with Crippen LogP contribution >= 0.6 is 22.9 Å². The number of hydrogen-bond acceptors (Lipinski definition) is 5. The van der Waals surface area contributed by atoms with Crippen molar-refractivity contribution in [3.05, 3.63) is 81.0 Å². The first-order valence-corrected chi connectivity index (χ1v) is 10.4. The summed E-state index contributed by atoms with van der Waals surface area (Å²) in [6, 6.07) is 16.9. The number of carbonyl (C=O) groups excluding carboxylic acids is 1. The molecule has 2 aromatic carbocycles. The first kappa shape index (κ1) is 20.9. The molecular formula is C22H21ClN2O3S. The van der Waals surface area contributed by atoms with Crippen LogP contribution in [0.2, 0.25) is 5.02 Å². The molecule has 3 aromatic rings. The monoisotopic (exact) mass is 428 g/mol. The summed E-state index contributed by atoms with van der Waals surface area (Å²) in [5.41, 5.74) is 4.22. The Hall–Kier alpha value is -2.83. The van der Waals surface area contributed by atoms with E-state index in [1.807, 2.05) is 66.9 Å². The lowest BCUT2D eigenvalue weighted by atomic mass is 10.2. The zero-order valence-corrected chi connectivity index (χ0v) is 17.5. The second-order valence-corrected chi connectivity index (χ2v) is 7.51. The van der Waals surface area contributed by atoms with Gasteiger partial charge in [0.2, 0.25) is 5.91 Å². The van der Waals surface area contributed by atoms with Gasteiger partial charge in [0, 0.05) is 15.5 Å². The summed E-state index contributed by atoms with van der Waals surface area (Å²) < 4.78 is 11.6. The first-order valence-electron chi connectivity index (χ1n) is 9.13. The predicted molar refractivity (Wildman–Crippen MR) is 117 cm³/mol. The van der Waals surface area contributed by atoms with Crippen LogP contribution in [0.25, 0.3) is 0 Å². The fraction of sp³-hybridized carbons (Fsp3) is 0.182. The van der Waals surface area contributed by atoms with Gasteiger partial charge in [-0.1, -0.05) is 35.9 Å². The lowest BCUT2D eigenvalue weighted by Gasteiger charge is -2.13. The molecule has 1 N–H and O–H groups in total. The number of rotatable bonds is 9. The van der Waals surface area contributed by atoms with Gasteiger partial charge >= 0.3 is 0 Å². The number of amides is 1. The van der Waals surface area contributed by atoms with Gasteiger partial charge in [0.1, 0.15) is 6.61 Å². The summed E-state index contributed by atoms with van der Waals surface area (Å²) in [6.07, 6.45) is 1.89. The minimum absolute atomic E-state index is 0.159. The second-order valence-electron chi connectivity index (χ2n) is 6.07. The molecule has 1 amide bonds. The second kappa shape index (κ2) is 10.6. The number of thiophene rings is 1. The van der Waals surface area contributed by atoms with Gasteiger partial charge in [-0.15, -0.1) is 11.3 Å². The highest BCUT2D eigenvalue weighted by molar-refractivity contribution is 7.10. The van der Waals surface area contributed by atoms with E-state index in [-0.39, 0.29) is 5.91 Å². The molecule has 0 atom stereocenters. The van der Waals surface area contributed by atoms with Gasteiger partial charge in [0.05, 0.1) is 19.2 Å². The van der Waals surface area contributed by atoms with Crippen molar-refractivity contribution in [2.24, 2.45) is 5.10 Å². The predicted octanol–water partition coefficient (Wildman–Crippen LogP) is 5.07. The Labute approximate surface area is 178 Å². The van der Waals surface area contributed by atoms with Gasteiger partial charge in [-0.05, 0) is 48.2 Å². The minimum atomic E-state index is -0.159. The van der Waals surface area contributed by atoms with Crippen molar-refractivity contribution >= 4 is 35.1 Å². The quantitative estimate of drug-likeness (QED) is 0.382. The molecule has 29 heavy (non-hydrogen) atoms. The molecular weight excluding hydrogens is 408 g/mol. The molecule has 0 spiro atoms. The third-order valence-corrected chi connectivity index (χ3v) is 5.17. The van der Waals surface area contributed by atoms with Gasteiger partial charge in [-0.25, -0.2) is 5.43 Å². The standard InChI is InChI=1S/C22H21ClN2O3S/c1-2-27-21-12-16(14-24-25-22(26)13-18-7-5-11-29-18)9-10-20(21)28-15-17-6-3-4-8-19(17)23/h3-12,14H,2,13,15H2,1H3,(H,25,26)/b24-14-. The summed E-state index contributed by atoms with van der Waals surface area (Å²) in [5, 5.41) is 6.63. The average molecular weight is 429 g/mol. The molecule has 0 aliphatic carbocycles. The van der Waals surface area contributed by atoms with Gasteiger partial charge < -0.3 is 9.47 Å². The minimum Gasteiger partial charge on any atom is -0.490 e. The highest BCUT2D eigenvalue weighted by Crippen LogP contribution is 2.29. The van der Waals surface area contributed by atoms with Crippen LogP contribution in [0.4, 0.5) is 0 Å². The van der Waals surface area contributed by atoms with Crippen LogP contribution in [0.5, 0.6) is 11.5 Å². The Kier molecular flexibility index (Phi) is 7.67. The van der Waals surface area contributed by atoms with E-state index >= 15 is 0 Å². The van der Waals surface area contributed by atoms with E-state index in [1.54, 1.807) is 17.6 Å². The molecule has 0 radical (unpaired) electrons. The van der Waals surface area contributed by atoms with Crippen LogP contribution in [0, 0.1) is 0 Å². The van der Waals surface area contributed by atoms with E-state index in [2.05, 4.69) is 10.5 Å². The fourth-order valence-electron chi connectivity index (χ4n) is 2.55. The van der Waals surface area contributed by atoms with Crippen molar-refractivity contribution < 1.29 is 14.3 Å². The van der Waals surface area contributed by atoms with Crippen LogP contribution in [0.3, 0.4) is 0 Å². The summed E-state index contributed by atoms with van der Waals surface area (Å²) in [4.78, 5) is 12.9. The summed E-state index contributed by atoms with van der Waals surface area (Å²) >= 11 is 7.72. The van der Waals surface area contributed by atoms with Crippen molar-refractivity contribution in [3.63, 3.8) is 0 Å². The Morgan fingerprint density at radius 2 is 2.00 bits per heavy atom. The van der Waals surface area contributed by atoms with Crippen molar-refractivity contribution in [2.75, 3.05) is 6.61 Å². The van der Waals surface area contributed by atoms with E-state index in [0.29, 0.717) is 36.2 Å². The number of ether oxygens (including phenoxy) is 2. The Morgan fingerprint density at radius 3 is 2.76 bits per heavy atom. The highest BCUT2D eigenvalue weighted by Gasteiger charge is 2.08. The molecule has 0 fully saturated rings. The van der Waals surface area contributed by atoms with E-state index in [9.17, 15) is 4.79 Å². The fourth-order valence-corrected chi connectivity index (χ4v) is 3.45. The summed E-state index contributed by atoms with van der Waals surface area (Å²) in [6.45, 7) is 2.75. The number of benzene rings is 2. The number of hydrazone groups is 1. The van der Waals surface area contributed by atoms with E-state index in [1.165, 1.54) is 0 Å². The van der Waals surface area contributed by atoms with Crippen LogP contribution in [0.15, 0.2) is 65.1 Å². The van der Waals surface area contributed by atoms with Gasteiger partial charge in [0.15, 0.2) is 11.5 Å². The van der Waals surface area contributed by atoms with E-state index in [4.69, 9.17) is 21.1 Å². The normalized spacial score (nSPS) is 10.8. The summed E-state index contributed by atoms with van der Waals surface area (Å²) in [5.74, 6) is 1.06. The molecule has 0 saturated carbocycles. The summed E-state index contributed by atoms with van der Waals surface area (Å²) in [7, 11) is 0. The number of halogens is 1. The van der Waals surface area contributed by atoms with Crippen molar-refractivity contribution in [3.8, 4) is 11.5 Å². The van der Waals surface area contributed by atoms with Crippen molar-refractivity contribution in [2.45, 2.75) is 20.0 Å². The van der Waals surface area contributed by atoms with Crippen LogP contribution < -0.4 is 14.9 Å². The van der Waals surface area contributed by atoms with Gasteiger partial charge in [0.25, 0.3) is 0 Å². The Morgan fingerprint density at radius 1 is 1.14 bits per heavy atom. The number of hydrogen-bond donors (Lipinski definition) is 1. The molecule has 7 heteroatoms. The molecule has 0 aliphatic heterocycles. The van der Waals surface area contributed by atoms with Gasteiger partial charge in [-0.3, -0.25) is 4.79 Å². The lowest BCUT2D eigenvalue weighted by molar-refractivity contribution is -0.120. The van der Waals surface area contributed by atoms with Crippen molar-refractivity contribution in [1.29, 1.82) is 0 Å². The lowest BCUT2D eigenvalue weighted by Crippen LogP contribution is -2.19. The maximum atomic E-state index is 11.9. The SMILES string of the molecule is CCOc1cc(/C=N\NC(=O)Cc2cccs2)ccc1OCc1ccccc1Cl. The molecule has 3 rings (SSSR count). The maximum absolute atomic E-state index is 11.9. The smallest absolute Gasteiger partial charge is 0.245 e. The van der Waals surface area contributed by atoms with E-state index < -0.39 is 0 Å². The largest absolute Gasteiger partial charge is 0.490 e. The zero-order chi connectivity index (χ0) is 20.5. The van der Waals surface area contributed by atoms with Crippen LogP contribution in [-0.4, -0.2) is 18.7 Å². The Bertz CT molecular complexity index is 974. The topological polar surface area (TPSA) is 59.9 Å². The van der Waals surface area contributed by atoms with Crippen molar-refractivity contribution in [1.82, 2.24) is 5.43 Å². The number of carbonyl (C=O) groups is 1. The van der Waals surface area contributed by atoms with Crippen LogP contribution in [0.1, 0.15) is 22.9 Å². The third-order valence-electron chi connectivity index (χ3n) is 3.93.